The maximum Gasteiger partial charge on any atom is 0.269 e. The molecule has 218 valence electrons. The second kappa shape index (κ2) is 14.7. The van der Waals surface area contributed by atoms with Crippen molar-refractivity contribution in [1.29, 1.82) is 5.26 Å². The molecule has 1 N–H and O–H groups in total. The highest BCUT2D eigenvalue weighted by Crippen LogP contribution is 2.35. The van der Waals surface area contributed by atoms with Gasteiger partial charge in [-0.25, -0.2) is 0 Å². The summed E-state index contributed by atoms with van der Waals surface area (Å²) < 4.78 is 17.8. The molecule has 0 aliphatic rings. The van der Waals surface area contributed by atoms with Crippen LogP contribution in [-0.4, -0.2) is 17.9 Å². The van der Waals surface area contributed by atoms with Crippen LogP contribution in [-0.2, 0) is 18.0 Å². The van der Waals surface area contributed by atoms with E-state index in [0.717, 1.165) is 5.56 Å². The first kappa shape index (κ1) is 31.6. The number of nitro benzene ring substituents is 1. The number of carbonyl (C=O) groups excluding carboxylic acids is 1. The minimum atomic E-state index is -0.593. The molecular weight excluding hydrogens is 708 g/mol. The molecule has 0 radical (unpaired) electrons. The summed E-state index contributed by atoms with van der Waals surface area (Å²) >= 11 is 14.2. The van der Waals surface area contributed by atoms with E-state index in [1.807, 2.05) is 6.07 Å². The van der Waals surface area contributed by atoms with Gasteiger partial charge in [0.2, 0.25) is 0 Å². The normalized spacial score (nSPS) is 10.9. The molecule has 0 unspecified atom stereocenters. The van der Waals surface area contributed by atoms with Crippen molar-refractivity contribution in [2.24, 2.45) is 0 Å². The van der Waals surface area contributed by atoms with Gasteiger partial charge in [-0.05, 0) is 88.3 Å². The Hall–Kier alpha value is -4.31. The van der Waals surface area contributed by atoms with Gasteiger partial charge in [-0.2, -0.15) is 5.26 Å². The lowest BCUT2D eigenvalue weighted by atomic mass is 10.1. The first-order valence-corrected chi connectivity index (χ1v) is 14.3. The third kappa shape index (κ3) is 8.61. The summed E-state index contributed by atoms with van der Waals surface area (Å²) in [5, 5.41) is 24.5. The topological polar surface area (TPSA) is 124 Å². The number of rotatable bonds is 11. The average molecular weight is 730 g/mol. The van der Waals surface area contributed by atoms with Gasteiger partial charge in [0.25, 0.3) is 11.6 Å². The first-order valence-electron chi connectivity index (χ1n) is 12.5. The Morgan fingerprint density at radius 1 is 1.05 bits per heavy atom. The smallest absolute Gasteiger partial charge is 0.269 e. The van der Waals surface area contributed by atoms with Crippen LogP contribution in [0.2, 0.25) is 10.0 Å². The fraction of sp³-hybridized carbons (Fsp3) is 0.0968. The standard InChI is InChI=1S/C31H22Cl2IN3O6/c1-41-29-14-20(13-28(34)30(29)43-17-19-3-2-4-25(12-19)37(39)40)11-22(16-35)31(38)36-24-7-9-26(10-8-24)42-18-21-5-6-23(32)15-27(21)33/h2-15H,17-18H2,1H3,(H,36,38)/b22-11+. The van der Waals surface area contributed by atoms with E-state index in [1.165, 1.54) is 25.3 Å². The number of methoxy groups -OCH3 is 1. The Morgan fingerprint density at radius 3 is 2.49 bits per heavy atom. The van der Waals surface area contributed by atoms with E-state index >= 15 is 0 Å². The van der Waals surface area contributed by atoms with Gasteiger partial charge in [-0.1, -0.05) is 41.4 Å². The molecule has 1 amide bonds. The molecule has 0 aliphatic carbocycles. The first-order chi connectivity index (χ1) is 20.7. The van der Waals surface area contributed by atoms with Gasteiger partial charge in [-0.3, -0.25) is 14.9 Å². The summed E-state index contributed by atoms with van der Waals surface area (Å²) in [4.78, 5) is 23.5. The Balaban J connectivity index is 1.42. The van der Waals surface area contributed by atoms with Crippen molar-refractivity contribution in [1.82, 2.24) is 0 Å². The number of nitro groups is 1. The number of anilines is 1. The van der Waals surface area contributed by atoms with Gasteiger partial charge in [-0.15, -0.1) is 0 Å². The molecule has 43 heavy (non-hydrogen) atoms. The van der Waals surface area contributed by atoms with E-state index in [-0.39, 0.29) is 24.5 Å². The average Bonchev–Trinajstić information content (AvgIpc) is 2.99. The number of ether oxygens (including phenoxy) is 3. The monoisotopic (exact) mass is 729 g/mol. The van der Waals surface area contributed by atoms with Gasteiger partial charge in [0, 0.05) is 33.4 Å². The van der Waals surface area contributed by atoms with Crippen LogP contribution in [0.25, 0.3) is 6.08 Å². The SMILES string of the molecule is COc1cc(/C=C(\C#N)C(=O)Nc2ccc(OCc3ccc(Cl)cc3Cl)cc2)cc(I)c1OCc1cccc([N+](=O)[O-])c1. The molecule has 4 aromatic rings. The number of nitrogens with zero attached hydrogens (tertiary/aromatic N) is 2. The number of halogens is 3. The number of carbonyl (C=O) groups is 1. The van der Waals surface area contributed by atoms with Crippen LogP contribution in [0, 0.1) is 25.0 Å². The fourth-order valence-corrected chi connectivity index (χ4v) is 5.07. The lowest BCUT2D eigenvalue weighted by Crippen LogP contribution is -2.13. The van der Waals surface area contributed by atoms with Crippen LogP contribution in [0.15, 0.2) is 84.4 Å². The summed E-state index contributed by atoms with van der Waals surface area (Å²) in [6.07, 6.45) is 1.44. The Labute approximate surface area is 270 Å². The van der Waals surface area contributed by atoms with E-state index in [4.69, 9.17) is 37.4 Å². The van der Waals surface area contributed by atoms with Gasteiger partial charge >= 0.3 is 0 Å². The summed E-state index contributed by atoms with van der Waals surface area (Å²) in [6.45, 7) is 0.317. The van der Waals surface area contributed by atoms with E-state index in [0.29, 0.717) is 47.7 Å². The zero-order valence-electron chi connectivity index (χ0n) is 22.5. The number of hydrogen-bond acceptors (Lipinski definition) is 7. The van der Waals surface area contributed by atoms with Crippen molar-refractivity contribution in [3.8, 4) is 23.3 Å². The molecule has 12 heteroatoms. The van der Waals surface area contributed by atoms with Crippen molar-refractivity contribution < 1.29 is 23.9 Å². The van der Waals surface area contributed by atoms with Gasteiger partial charge in [0.05, 0.1) is 15.6 Å². The molecule has 0 fully saturated rings. The van der Waals surface area contributed by atoms with Crippen molar-refractivity contribution in [2.45, 2.75) is 13.2 Å². The molecular formula is C31H22Cl2IN3O6. The molecule has 0 heterocycles. The van der Waals surface area contributed by atoms with Crippen LogP contribution >= 0.6 is 45.8 Å². The molecule has 4 aromatic carbocycles. The molecule has 9 nitrogen and oxygen atoms in total. The fourth-order valence-electron chi connectivity index (χ4n) is 3.83. The Kier molecular flexibility index (Phi) is 10.8. The van der Waals surface area contributed by atoms with Crippen molar-refractivity contribution in [3.05, 3.63) is 125 Å². The van der Waals surface area contributed by atoms with E-state index < -0.39 is 10.8 Å². The molecule has 0 aromatic heterocycles. The molecule has 0 bridgehead atoms. The van der Waals surface area contributed by atoms with Gasteiger partial charge < -0.3 is 19.5 Å². The number of amides is 1. The lowest BCUT2D eigenvalue weighted by molar-refractivity contribution is -0.384. The van der Waals surface area contributed by atoms with Crippen molar-refractivity contribution in [2.75, 3.05) is 12.4 Å². The summed E-state index contributed by atoms with van der Waals surface area (Å²) in [5.41, 5.74) is 2.25. The predicted octanol–water partition coefficient (Wildman–Crippen LogP) is 8.22. The highest BCUT2D eigenvalue weighted by molar-refractivity contribution is 14.1. The second-order valence-corrected chi connectivity index (χ2v) is 10.9. The Bertz CT molecular complexity index is 1740. The van der Waals surface area contributed by atoms with Gasteiger partial charge in [0.1, 0.15) is 30.6 Å². The highest BCUT2D eigenvalue weighted by atomic mass is 127. The number of benzene rings is 4. The van der Waals surface area contributed by atoms with E-state index in [2.05, 4.69) is 27.9 Å². The molecule has 0 spiro atoms. The highest BCUT2D eigenvalue weighted by Gasteiger charge is 2.15. The number of non-ortho nitro benzene ring substituents is 1. The van der Waals surface area contributed by atoms with Crippen molar-refractivity contribution >= 4 is 69.2 Å². The number of hydrogen-bond donors (Lipinski definition) is 1. The summed E-state index contributed by atoms with van der Waals surface area (Å²) in [5.74, 6) is 0.769. The van der Waals surface area contributed by atoms with E-state index in [1.54, 1.807) is 66.7 Å². The number of nitrogens with one attached hydrogen (secondary N) is 1. The third-order valence-electron chi connectivity index (χ3n) is 5.95. The maximum absolute atomic E-state index is 12.9. The zero-order chi connectivity index (χ0) is 30.9. The molecule has 0 atom stereocenters. The largest absolute Gasteiger partial charge is 0.493 e. The summed E-state index contributed by atoms with van der Waals surface area (Å²) in [7, 11) is 1.47. The van der Waals surface area contributed by atoms with Crippen molar-refractivity contribution in [3.63, 3.8) is 0 Å². The summed E-state index contributed by atoms with van der Waals surface area (Å²) in [6, 6.07) is 23.3. The maximum atomic E-state index is 12.9. The molecule has 4 rings (SSSR count). The second-order valence-electron chi connectivity index (χ2n) is 8.92. The van der Waals surface area contributed by atoms with Gasteiger partial charge in [0.15, 0.2) is 11.5 Å². The predicted molar refractivity (Wildman–Crippen MR) is 173 cm³/mol. The minimum absolute atomic E-state index is 0.0330. The van der Waals surface area contributed by atoms with Crippen LogP contribution in [0.3, 0.4) is 0 Å². The number of nitriles is 1. The van der Waals surface area contributed by atoms with Crippen LogP contribution in [0.1, 0.15) is 16.7 Å². The van der Waals surface area contributed by atoms with Crippen LogP contribution in [0.4, 0.5) is 11.4 Å². The lowest BCUT2D eigenvalue weighted by Gasteiger charge is -2.14. The van der Waals surface area contributed by atoms with E-state index in [9.17, 15) is 20.2 Å². The van der Waals surface area contributed by atoms with Crippen LogP contribution < -0.4 is 19.5 Å². The minimum Gasteiger partial charge on any atom is -0.493 e. The molecule has 0 saturated carbocycles. The van der Waals surface area contributed by atoms with Crippen LogP contribution in [0.5, 0.6) is 17.2 Å². The molecule has 0 saturated heterocycles. The third-order valence-corrected chi connectivity index (χ3v) is 7.34. The zero-order valence-corrected chi connectivity index (χ0v) is 26.1. The quantitative estimate of drug-likeness (QED) is 0.0543. The Morgan fingerprint density at radius 2 is 1.81 bits per heavy atom. The molecule has 0 aliphatic heterocycles.